The Morgan fingerprint density at radius 2 is 2.00 bits per heavy atom. The first-order chi connectivity index (χ1) is 11.5. The van der Waals surface area contributed by atoms with Crippen molar-refractivity contribution in [2.75, 3.05) is 19.1 Å². The van der Waals surface area contributed by atoms with Crippen molar-refractivity contribution in [1.29, 1.82) is 0 Å². The molecule has 24 heavy (non-hydrogen) atoms. The minimum atomic E-state index is -0.722. The lowest BCUT2D eigenvalue weighted by Gasteiger charge is -2.16. The SMILES string of the molecule is COC(=O)c1cc2sc(N(C)Cc3ccc(F)cc3)cc2oc1=O. The molecule has 2 aromatic heterocycles. The molecule has 2 heterocycles. The summed E-state index contributed by atoms with van der Waals surface area (Å²) in [6, 6.07) is 9.48. The van der Waals surface area contributed by atoms with Gasteiger partial charge in [0.05, 0.1) is 16.8 Å². The number of carbonyl (C=O) groups is 1. The van der Waals surface area contributed by atoms with E-state index in [0.29, 0.717) is 16.8 Å². The van der Waals surface area contributed by atoms with Gasteiger partial charge in [-0.2, -0.15) is 0 Å². The van der Waals surface area contributed by atoms with E-state index in [-0.39, 0.29) is 11.4 Å². The molecular formula is C17H14FNO4S. The summed E-state index contributed by atoms with van der Waals surface area (Å²) in [6.45, 7) is 0.571. The van der Waals surface area contributed by atoms with E-state index in [1.54, 1.807) is 18.2 Å². The third kappa shape index (κ3) is 3.16. The first kappa shape index (κ1) is 16.2. The molecule has 0 saturated carbocycles. The Hall–Kier alpha value is -2.67. The molecule has 7 heteroatoms. The summed E-state index contributed by atoms with van der Waals surface area (Å²) in [4.78, 5) is 25.3. The molecule has 0 aliphatic heterocycles. The Morgan fingerprint density at radius 1 is 1.29 bits per heavy atom. The number of ether oxygens (including phenoxy) is 1. The maximum absolute atomic E-state index is 13.0. The number of fused-ring (bicyclic) bond motifs is 1. The average Bonchev–Trinajstić information content (AvgIpc) is 2.98. The zero-order chi connectivity index (χ0) is 17.3. The van der Waals surface area contributed by atoms with E-state index >= 15 is 0 Å². The van der Waals surface area contributed by atoms with Crippen LogP contribution in [0.25, 0.3) is 10.3 Å². The van der Waals surface area contributed by atoms with Gasteiger partial charge in [0, 0.05) is 19.7 Å². The number of esters is 1. The summed E-state index contributed by atoms with van der Waals surface area (Å²) >= 11 is 1.39. The minimum absolute atomic E-state index is 0.125. The van der Waals surface area contributed by atoms with Crippen molar-refractivity contribution in [2.45, 2.75) is 6.54 Å². The number of nitrogens with zero attached hydrogens (tertiary/aromatic N) is 1. The molecule has 0 bridgehead atoms. The monoisotopic (exact) mass is 347 g/mol. The highest BCUT2D eigenvalue weighted by Crippen LogP contribution is 2.32. The van der Waals surface area contributed by atoms with Crippen LogP contribution in [-0.4, -0.2) is 20.1 Å². The number of benzene rings is 1. The van der Waals surface area contributed by atoms with Gasteiger partial charge in [0.1, 0.15) is 11.4 Å². The van der Waals surface area contributed by atoms with Crippen LogP contribution < -0.4 is 10.5 Å². The van der Waals surface area contributed by atoms with Crippen LogP contribution in [0.15, 0.2) is 45.6 Å². The number of hydrogen-bond acceptors (Lipinski definition) is 6. The molecule has 124 valence electrons. The molecule has 3 aromatic rings. The van der Waals surface area contributed by atoms with E-state index in [9.17, 15) is 14.0 Å². The fourth-order valence-corrected chi connectivity index (χ4v) is 3.27. The molecule has 0 atom stereocenters. The normalized spacial score (nSPS) is 10.8. The highest BCUT2D eigenvalue weighted by Gasteiger charge is 2.16. The number of methoxy groups -OCH3 is 1. The Bertz CT molecular complexity index is 945. The fraction of sp³-hybridized carbons (Fsp3) is 0.176. The molecule has 0 radical (unpaired) electrons. The summed E-state index contributed by atoms with van der Waals surface area (Å²) < 4.78 is 23.4. The number of anilines is 1. The summed E-state index contributed by atoms with van der Waals surface area (Å²) in [6.07, 6.45) is 0. The lowest BCUT2D eigenvalue weighted by Crippen LogP contribution is -2.14. The average molecular weight is 347 g/mol. The van der Waals surface area contributed by atoms with E-state index < -0.39 is 11.6 Å². The molecule has 0 unspecified atom stereocenters. The lowest BCUT2D eigenvalue weighted by atomic mass is 10.2. The summed E-state index contributed by atoms with van der Waals surface area (Å²) in [5, 5.41) is 0.861. The first-order valence-electron chi connectivity index (χ1n) is 7.09. The zero-order valence-electron chi connectivity index (χ0n) is 13.0. The highest BCUT2D eigenvalue weighted by molar-refractivity contribution is 7.22. The van der Waals surface area contributed by atoms with Gasteiger partial charge in [-0.3, -0.25) is 0 Å². The fourth-order valence-electron chi connectivity index (χ4n) is 2.28. The molecule has 5 nitrogen and oxygen atoms in total. The first-order valence-corrected chi connectivity index (χ1v) is 7.91. The maximum Gasteiger partial charge on any atom is 0.351 e. The van der Waals surface area contributed by atoms with Gasteiger partial charge in [-0.1, -0.05) is 12.1 Å². The van der Waals surface area contributed by atoms with Crippen LogP contribution in [0, 0.1) is 5.82 Å². The molecule has 0 N–H and O–H groups in total. The Labute approximate surface area is 140 Å². The molecular weight excluding hydrogens is 333 g/mol. The van der Waals surface area contributed by atoms with Crippen LogP contribution in [0.1, 0.15) is 15.9 Å². The Balaban J connectivity index is 1.91. The molecule has 0 spiro atoms. The van der Waals surface area contributed by atoms with Crippen molar-refractivity contribution in [2.24, 2.45) is 0 Å². The van der Waals surface area contributed by atoms with Gasteiger partial charge in [-0.05, 0) is 23.8 Å². The van der Waals surface area contributed by atoms with Gasteiger partial charge in [0.2, 0.25) is 0 Å². The Morgan fingerprint density at radius 3 is 2.67 bits per heavy atom. The largest absolute Gasteiger partial charge is 0.465 e. The van der Waals surface area contributed by atoms with Gasteiger partial charge in [0.15, 0.2) is 5.58 Å². The van der Waals surface area contributed by atoms with Gasteiger partial charge in [-0.25, -0.2) is 14.0 Å². The molecule has 1 aromatic carbocycles. The molecule has 0 aliphatic rings. The molecule has 0 saturated heterocycles. The predicted molar refractivity (Wildman–Crippen MR) is 90.2 cm³/mol. The van der Waals surface area contributed by atoms with Crippen LogP contribution in [0.3, 0.4) is 0 Å². The van der Waals surface area contributed by atoms with Crippen molar-refractivity contribution in [3.63, 3.8) is 0 Å². The van der Waals surface area contributed by atoms with Crippen LogP contribution in [-0.2, 0) is 11.3 Å². The number of thiophene rings is 1. The standard InChI is InChI=1S/C17H14FNO4S/c1-19(9-10-3-5-11(18)6-4-10)15-8-13-14(24-15)7-12(16(20)22-2)17(21)23-13/h3-8H,9H2,1-2H3. The minimum Gasteiger partial charge on any atom is -0.465 e. The van der Waals surface area contributed by atoms with Crippen molar-refractivity contribution < 1.29 is 18.3 Å². The van der Waals surface area contributed by atoms with Crippen LogP contribution in [0.5, 0.6) is 0 Å². The van der Waals surface area contributed by atoms with Gasteiger partial charge >= 0.3 is 11.6 Å². The van der Waals surface area contributed by atoms with Crippen molar-refractivity contribution in [3.8, 4) is 0 Å². The Kier molecular flexibility index (Phi) is 4.35. The van der Waals surface area contributed by atoms with E-state index in [1.165, 1.54) is 36.6 Å². The van der Waals surface area contributed by atoms with Gasteiger partial charge in [-0.15, -0.1) is 11.3 Å². The lowest BCUT2D eigenvalue weighted by molar-refractivity contribution is 0.0596. The maximum atomic E-state index is 13.0. The third-order valence-corrected chi connectivity index (χ3v) is 4.70. The zero-order valence-corrected chi connectivity index (χ0v) is 13.9. The van der Waals surface area contributed by atoms with Crippen LogP contribution in [0.4, 0.5) is 9.39 Å². The third-order valence-electron chi connectivity index (χ3n) is 3.52. The highest BCUT2D eigenvalue weighted by atomic mass is 32.1. The molecule has 3 rings (SSSR count). The number of carbonyl (C=O) groups excluding carboxylic acids is 1. The summed E-state index contributed by atoms with van der Waals surface area (Å²) in [5.74, 6) is -0.999. The van der Waals surface area contributed by atoms with E-state index in [4.69, 9.17) is 4.42 Å². The van der Waals surface area contributed by atoms with Gasteiger partial charge in [0.25, 0.3) is 0 Å². The molecule has 0 amide bonds. The topological polar surface area (TPSA) is 59.8 Å². The smallest absolute Gasteiger partial charge is 0.351 e. The summed E-state index contributed by atoms with van der Waals surface area (Å²) in [7, 11) is 3.09. The van der Waals surface area contributed by atoms with Crippen LogP contribution in [0.2, 0.25) is 0 Å². The van der Waals surface area contributed by atoms with E-state index in [1.807, 2.05) is 11.9 Å². The van der Waals surface area contributed by atoms with Crippen molar-refractivity contribution in [3.05, 3.63) is 63.8 Å². The molecule has 0 aliphatic carbocycles. The second kappa shape index (κ2) is 6.45. The second-order valence-corrected chi connectivity index (χ2v) is 6.30. The van der Waals surface area contributed by atoms with Gasteiger partial charge < -0.3 is 14.1 Å². The second-order valence-electron chi connectivity index (χ2n) is 5.23. The molecule has 0 fully saturated rings. The van der Waals surface area contributed by atoms with E-state index in [2.05, 4.69) is 4.74 Å². The quantitative estimate of drug-likeness (QED) is 0.677. The van der Waals surface area contributed by atoms with E-state index in [0.717, 1.165) is 10.6 Å². The number of hydrogen-bond donors (Lipinski definition) is 0. The van der Waals surface area contributed by atoms with Crippen LogP contribution >= 0.6 is 11.3 Å². The van der Waals surface area contributed by atoms with Crippen molar-refractivity contribution >= 4 is 32.6 Å². The van der Waals surface area contributed by atoms with Crippen molar-refractivity contribution in [1.82, 2.24) is 0 Å². The predicted octanol–water partition coefficient (Wildman–Crippen LogP) is 3.42. The number of halogens is 1. The number of rotatable bonds is 4. The summed E-state index contributed by atoms with van der Waals surface area (Å²) in [5.41, 5.74) is 0.520.